The van der Waals surface area contributed by atoms with Crippen molar-refractivity contribution in [2.75, 3.05) is 14.2 Å². The molecule has 0 saturated carbocycles. The highest BCUT2D eigenvalue weighted by Crippen LogP contribution is 2.40. The van der Waals surface area contributed by atoms with E-state index in [-0.39, 0.29) is 0 Å². The summed E-state index contributed by atoms with van der Waals surface area (Å²) in [5.74, 6) is 0.712. The van der Waals surface area contributed by atoms with Crippen molar-refractivity contribution in [1.29, 1.82) is 0 Å². The van der Waals surface area contributed by atoms with Crippen LogP contribution in [-0.4, -0.2) is 30.3 Å². The molecule has 4 rings (SSSR count). The highest BCUT2D eigenvalue weighted by molar-refractivity contribution is 6.06. The van der Waals surface area contributed by atoms with Gasteiger partial charge in [-0.1, -0.05) is 37.3 Å². The third-order valence-electron chi connectivity index (χ3n) is 5.40. The van der Waals surface area contributed by atoms with Crippen LogP contribution in [0, 0.1) is 5.92 Å². The molecule has 3 aromatic rings. The predicted molar refractivity (Wildman–Crippen MR) is 114 cm³/mol. The minimum Gasteiger partial charge on any atom is -0.493 e. The number of hydrogen-bond acceptors (Lipinski definition) is 4. The smallest absolute Gasteiger partial charge is 0.336 e. The number of ether oxygens (including phenoxy) is 2. The first-order valence-corrected chi connectivity index (χ1v) is 9.60. The van der Waals surface area contributed by atoms with Crippen molar-refractivity contribution in [3.63, 3.8) is 0 Å². The summed E-state index contributed by atoms with van der Waals surface area (Å²) in [5.41, 5.74) is 4.53. The Morgan fingerprint density at radius 3 is 2.62 bits per heavy atom. The fourth-order valence-electron chi connectivity index (χ4n) is 4.19. The van der Waals surface area contributed by atoms with Gasteiger partial charge >= 0.3 is 5.97 Å². The highest BCUT2D eigenvalue weighted by Gasteiger charge is 2.28. The second kappa shape index (κ2) is 7.59. The molecule has 0 aliphatic heterocycles. The Morgan fingerprint density at radius 2 is 1.90 bits per heavy atom. The Kier molecular flexibility index (Phi) is 4.97. The molecular weight excluding hydrogens is 366 g/mol. The molecule has 1 aliphatic carbocycles. The summed E-state index contributed by atoms with van der Waals surface area (Å²) in [6.45, 7) is 2.14. The Balaban J connectivity index is 1.98. The van der Waals surface area contributed by atoms with Gasteiger partial charge in [0, 0.05) is 10.9 Å². The van der Waals surface area contributed by atoms with E-state index in [2.05, 4.69) is 6.92 Å². The van der Waals surface area contributed by atoms with Crippen LogP contribution in [0.4, 0.5) is 0 Å². The zero-order valence-electron chi connectivity index (χ0n) is 16.7. The van der Waals surface area contributed by atoms with Crippen LogP contribution >= 0.6 is 0 Å². The van der Waals surface area contributed by atoms with Crippen LogP contribution in [0.3, 0.4) is 0 Å². The maximum absolute atomic E-state index is 12.2. The molecule has 0 radical (unpaired) electrons. The van der Waals surface area contributed by atoms with E-state index >= 15 is 0 Å². The summed E-state index contributed by atoms with van der Waals surface area (Å²) < 4.78 is 11.0. The van der Waals surface area contributed by atoms with E-state index in [0.29, 0.717) is 40.3 Å². The number of allylic oxidation sites excluding steroid dienone is 1. The molecule has 1 atom stereocenters. The average Bonchev–Trinajstić information content (AvgIpc) is 2.71. The van der Waals surface area contributed by atoms with Crippen molar-refractivity contribution in [3.05, 3.63) is 64.8 Å². The topological polar surface area (TPSA) is 68.7 Å². The number of methoxy groups -OCH3 is 2. The third kappa shape index (κ3) is 3.33. The summed E-state index contributed by atoms with van der Waals surface area (Å²) in [7, 11) is 3.23. The van der Waals surface area contributed by atoms with Crippen LogP contribution in [0.1, 0.15) is 40.5 Å². The molecule has 0 saturated heterocycles. The number of hydrogen-bond donors (Lipinski definition) is 1. The Hall–Kier alpha value is -3.34. The predicted octanol–water partition coefficient (Wildman–Crippen LogP) is 5.07. The maximum Gasteiger partial charge on any atom is 0.336 e. The number of benzene rings is 2. The van der Waals surface area contributed by atoms with Gasteiger partial charge in [0.05, 0.1) is 31.0 Å². The SMILES string of the molecule is COc1cccc(/C=C2\C[C@H](C)Cc3c2nc2ccccc2c3C(=O)O)c1OC. The molecule has 0 unspecified atom stereocenters. The van der Waals surface area contributed by atoms with Crippen molar-refractivity contribution in [2.24, 2.45) is 5.92 Å². The normalized spacial score (nSPS) is 17.2. The second-order valence-corrected chi connectivity index (χ2v) is 7.40. The van der Waals surface area contributed by atoms with Crippen LogP contribution in [0.25, 0.3) is 22.6 Å². The minimum atomic E-state index is -0.910. The van der Waals surface area contributed by atoms with E-state index in [0.717, 1.165) is 28.8 Å². The number of para-hydroxylation sites is 2. The standard InChI is InChI=1S/C24H23NO4/c1-14-11-16(13-15-7-6-10-20(28-2)23(15)29-3)22-18(12-14)21(24(26)27)17-8-4-5-9-19(17)25-22/h4-10,13-14H,11-12H2,1-3H3,(H,26,27)/b16-13+/t14-/m0/s1. The van der Waals surface area contributed by atoms with Crippen LogP contribution < -0.4 is 9.47 Å². The van der Waals surface area contributed by atoms with Gasteiger partial charge in [-0.25, -0.2) is 9.78 Å². The summed E-state index contributed by atoms with van der Waals surface area (Å²) in [6.07, 6.45) is 3.56. The minimum absolute atomic E-state index is 0.311. The lowest BCUT2D eigenvalue weighted by Gasteiger charge is -2.26. The van der Waals surface area contributed by atoms with Gasteiger partial charge in [-0.15, -0.1) is 0 Å². The quantitative estimate of drug-likeness (QED) is 0.674. The van der Waals surface area contributed by atoms with Gasteiger partial charge in [0.1, 0.15) is 0 Å². The molecule has 1 heterocycles. The van der Waals surface area contributed by atoms with Gasteiger partial charge in [0.2, 0.25) is 0 Å². The molecule has 1 N–H and O–H groups in total. The molecular formula is C24H23NO4. The molecule has 29 heavy (non-hydrogen) atoms. The van der Waals surface area contributed by atoms with Gasteiger partial charge in [0.25, 0.3) is 0 Å². The monoisotopic (exact) mass is 389 g/mol. The lowest BCUT2D eigenvalue weighted by Crippen LogP contribution is -2.17. The van der Waals surface area contributed by atoms with Crippen molar-refractivity contribution in [1.82, 2.24) is 4.98 Å². The lowest BCUT2D eigenvalue weighted by atomic mass is 9.80. The Labute approximate surface area is 169 Å². The summed E-state index contributed by atoms with van der Waals surface area (Å²) in [5, 5.41) is 10.7. The van der Waals surface area contributed by atoms with E-state index in [1.807, 2.05) is 48.5 Å². The summed E-state index contributed by atoms with van der Waals surface area (Å²) in [4.78, 5) is 17.0. The lowest BCUT2D eigenvalue weighted by molar-refractivity contribution is 0.0697. The fraction of sp³-hybridized carbons (Fsp3) is 0.250. The highest BCUT2D eigenvalue weighted by atomic mass is 16.5. The molecule has 1 aromatic heterocycles. The van der Waals surface area contributed by atoms with Gasteiger partial charge in [-0.05, 0) is 48.1 Å². The molecule has 0 amide bonds. The van der Waals surface area contributed by atoms with Crippen LogP contribution in [0.15, 0.2) is 42.5 Å². The second-order valence-electron chi connectivity index (χ2n) is 7.40. The van der Waals surface area contributed by atoms with Crippen molar-refractivity contribution < 1.29 is 19.4 Å². The van der Waals surface area contributed by atoms with E-state index in [9.17, 15) is 9.90 Å². The first kappa shape index (κ1) is 19.0. The van der Waals surface area contributed by atoms with Crippen molar-refractivity contribution in [3.8, 4) is 11.5 Å². The number of pyridine rings is 1. The number of carbonyl (C=O) groups is 1. The fourth-order valence-corrected chi connectivity index (χ4v) is 4.19. The number of nitrogens with zero attached hydrogens (tertiary/aromatic N) is 1. The Morgan fingerprint density at radius 1 is 1.10 bits per heavy atom. The van der Waals surface area contributed by atoms with Gasteiger partial charge < -0.3 is 14.6 Å². The Bertz CT molecular complexity index is 1130. The zero-order valence-corrected chi connectivity index (χ0v) is 16.7. The van der Waals surface area contributed by atoms with E-state index in [1.165, 1.54) is 0 Å². The zero-order chi connectivity index (χ0) is 20.5. The number of carboxylic acids is 1. The largest absolute Gasteiger partial charge is 0.493 e. The van der Waals surface area contributed by atoms with Crippen molar-refractivity contribution >= 4 is 28.5 Å². The molecule has 0 bridgehead atoms. The van der Waals surface area contributed by atoms with Crippen LogP contribution in [0.5, 0.6) is 11.5 Å². The number of aromatic nitrogens is 1. The van der Waals surface area contributed by atoms with E-state index in [4.69, 9.17) is 14.5 Å². The number of carboxylic acid groups (broad SMARTS) is 1. The van der Waals surface area contributed by atoms with Gasteiger partial charge in [-0.2, -0.15) is 0 Å². The molecule has 1 aliphatic rings. The van der Waals surface area contributed by atoms with Crippen LogP contribution in [-0.2, 0) is 6.42 Å². The first-order chi connectivity index (χ1) is 14.0. The average molecular weight is 389 g/mol. The van der Waals surface area contributed by atoms with E-state index in [1.54, 1.807) is 14.2 Å². The molecule has 0 fully saturated rings. The summed E-state index contributed by atoms with van der Waals surface area (Å²) >= 11 is 0. The molecule has 5 nitrogen and oxygen atoms in total. The van der Waals surface area contributed by atoms with Gasteiger partial charge in [-0.3, -0.25) is 0 Å². The van der Waals surface area contributed by atoms with Crippen molar-refractivity contribution in [2.45, 2.75) is 19.8 Å². The van der Waals surface area contributed by atoms with Gasteiger partial charge in [0.15, 0.2) is 11.5 Å². The first-order valence-electron chi connectivity index (χ1n) is 9.60. The number of aromatic carboxylic acids is 1. The maximum atomic E-state index is 12.2. The summed E-state index contributed by atoms with van der Waals surface area (Å²) in [6, 6.07) is 13.2. The molecule has 0 spiro atoms. The van der Waals surface area contributed by atoms with E-state index < -0.39 is 5.97 Å². The molecule has 148 valence electrons. The van der Waals surface area contributed by atoms with Crippen LogP contribution in [0.2, 0.25) is 0 Å². The third-order valence-corrected chi connectivity index (χ3v) is 5.40. The number of rotatable bonds is 4. The molecule has 2 aromatic carbocycles. The number of fused-ring (bicyclic) bond motifs is 2. The molecule has 5 heteroatoms.